The van der Waals surface area contributed by atoms with Crippen LogP contribution >= 0.6 is 0 Å². The van der Waals surface area contributed by atoms with Crippen LogP contribution in [0.1, 0.15) is 46.1 Å². The predicted octanol–water partition coefficient (Wildman–Crippen LogP) is 3.47. The number of tetrazole rings is 1. The maximum absolute atomic E-state index is 13.6. The van der Waals surface area contributed by atoms with Gasteiger partial charge in [0.05, 0.1) is 14.2 Å². The molecule has 1 heterocycles. The van der Waals surface area contributed by atoms with Crippen molar-refractivity contribution in [3.63, 3.8) is 0 Å². The Hall–Kier alpha value is -3.95. The molecule has 1 aromatic heterocycles. The van der Waals surface area contributed by atoms with Crippen LogP contribution in [0.25, 0.3) is 11.4 Å². The third-order valence-electron chi connectivity index (χ3n) is 5.63. The third-order valence-corrected chi connectivity index (χ3v) is 5.63. The standard InChI is InChI=1S/C27H36N6O4/c1-7-11-21(26(35)28-27(2,3)4)32(17-19-12-9-8-10-13-19)24(34)18-33-30-25(29-31-33)20-14-15-22(36-5)23(16-20)37-6/h8-10,12-16,21H,7,11,17-18H2,1-6H3,(H,28,35)/t21-/m0/s1. The van der Waals surface area contributed by atoms with Gasteiger partial charge < -0.3 is 19.7 Å². The molecule has 3 aromatic rings. The second-order valence-electron chi connectivity index (χ2n) is 9.76. The van der Waals surface area contributed by atoms with Gasteiger partial charge in [-0.1, -0.05) is 43.7 Å². The SMILES string of the molecule is CCC[C@@H](C(=O)NC(C)(C)C)N(Cc1ccccc1)C(=O)Cn1nnc(-c2ccc(OC)c(OC)c2)n1. The van der Waals surface area contributed by atoms with Gasteiger partial charge in [0.15, 0.2) is 11.5 Å². The molecule has 0 fully saturated rings. The highest BCUT2D eigenvalue weighted by atomic mass is 16.5. The topological polar surface area (TPSA) is 111 Å². The van der Waals surface area contributed by atoms with Gasteiger partial charge in [0.1, 0.15) is 12.6 Å². The average molecular weight is 509 g/mol. The van der Waals surface area contributed by atoms with Crippen LogP contribution in [0.15, 0.2) is 48.5 Å². The molecule has 0 radical (unpaired) electrons. The molecule has 0 aliphatic carbocycles. The fourth-order valence-corrected chi connectivity index (χ4v) is 3.92. The summed E-state index contributed by atoms with van der Waals surface area (Å²) in [5, 5.41) is 15.6. The number of carbonyl (C=O) groups excluding carboxylic acids is 2. The van der Waals surface area contributed by atoms with Gasteiger partial charge >= 0.3 is 0 Å². The van der Waals surface area contributed by atoms with Crippen LogP contribution in [0.3, 0.4) is 0 Å². The predicted molar refractivity (Wildman–Crippen MR) is 140 cm³/mol. The molecule has 0 saturated heterocycles. The summed E-state index contributed by atoms with van der Waals surface area (Å²) >= 11 is 0. The number of hydrogen-bond acceptors (Lipinski definition) is 7. The van der Waals surface area contributed by atoms with Crippen LogP contribution in [0.5, 0.6) is 11.5 Å². The van der Waals surface area contributed by atoms with Gasteiger partial charge in [0, 0.05) is 17.6 Å². The van der Waals surface area contributed by atoms with Crippen LogP contribution in [0.2, 0.25) is 0 Å². The van der Waals surface area contributed by atoms with E-state index in [9.17, 15) is 9.59 Å². The highest BCUT2D eigenvalue weighted by Crippen LogP contribution is 2.30. The normalized spacial score (nSPS) is 12.1. The molecule has 0 bridgehead atoms. The number of rotatable bonds is 11. The molecule has 37 heavy (non-hydrogen) atoms. The molecule has 2 amide bonds. The summed E-state index contributed by atoms with van der Waals surface area (Å²) in [4.78, 5) is 29.7. The fourth-order valence-electron chi connectivity index (χ4n) is 3.92. The van der Waals surface area contributed by atoms with Gasteiger partial charge in [-0.3, -0.25) is 9.59 Å². The molecule has 1 atom stereocenters. The highest BCUT2D eigenvalue weighted by molar-refractivity contribution is 5.88. The van der Waals surface area contributed by atoms with Crippen molar-refractivity contribution in [3.8, 4) is 22.9 Å². The first-order valence-corrected chi connectivity index (χ1v) is 12.3. The van der Waals surface area contributed by atoms with E-state index in [2.05, 4.69) is 20.7 Å². The number of amides is 2. The summed E-state index contributed by atoms with van der Waals surface area (Å²) in [5.74, 6) is 1.01. The van der Waals surface area contributed by atoms with Crippen LogP contribution in [0.4, 0.5) is 0 Å². The van der Waals surface area contributed by atoms with Gasteiger partial charge in [-0.2, -0.15) is 4.80 Å². The van der Waals surface area contributed by atoms with Crippen molar-refractivity contribution in [2.45, 2.75) is 65.2 Å². The van der Waals surface area contributed by atoms with Crippen LogP contribution < -0.4 is 14.8 Å². The molecule has 0 aliphatic rings. The molecule has 0 spiro atoms. The number of benzene rings is 2. The molecule has 1 N–H and O–H groups in total. The second kappa shape index (κ2) is 12.3. The Morgan fingerprint density at radius 2 is 1.76 bits per heavy atom. The van der Waals surface area contributed by atoms with Crippen molar-refractivity contribution in [1.29, 1.82) is 0 Å². The molecule has 0 unspecified atom stereocenters. The third kappa shape index (κ3) is 7.52. The zero-order valence-corrected chi connectivity index (χ0v) is 22.4. The summed E-state index contributed by atoms with van der Waals surface area (Å²) in [6.07, 6.45) is 1.27. The lowest BCUT2D eigenvalue weighted by Gasteiger charge is -2.33. The molecule has 0 aliphatic heterocycles. The van der Waals surface area contributed by atoms with E-state index in [1.807, 2.05) is 58.0 Å². The van der Waals surface area contributed by atoms with E-state index >= 15 is 0 Å². The number of nitrogens with zero attached hydrogens (tertiary/aromatic N) is 5. The molecule has 10 nitrogen and oxygen atoms in total. The number of ether oxygens (including phenoxy) is 2. The van der Waals surface area contributed by atoms with E-state index < -0.39 is 11.6 Å². The zero-order valence-electron chi connectivity index (χ0n) is 22.4. The lowest BCUT2D eigenvalue weighted by Crippen LogP contribution is -2.54. The van der Waals surface area contributed by atoms with Crippen LogP contribution in [-0.2, 0) is 22.7 Å². The highest BCUT2D eigenvalue weighted by Gasteiger charge is 2.31. The number of aromatic nitrogens is 4. The van der Waals surface area contributed by atoms with Crippen LogP contribution in [0, 0.1) is 0 Å². The summed E-state index contributed by atoms with van der Waals surface area (Å²) in [5.41, 5.74) is 1.18. The molecule has 198 valence electrons. The van der Waals surface area contributed by atoms with Crippen molar-refractivity contribution in [2.75, 3.05) is 14.2 Å². The first kappa shape index (κ1) is 27.6. The van der Waals surface area contributed by atoms with E-state index in [1.165, 1.54) is 4.80 Å². The Kier molecular flexibility index (Phi) is 9.21. The van der Waals surface area contributed by atoms with Crippen molar-refractivity contribution >= 4 is 11.8 Å². The van der Waals surface area contributed by atoms with E-state index in [4.69, 9.17) is 9.47 Å². The van der Waals surface area contributed by atoms with Crippen molar-refractivity contribution in [1.82, 2.24) is 30.4 Å². The van der Waals surface area contributed by atoms with E-state index in [0.717, 1.165) is 12.0 Å². The van der Waals surface area contributed by atoms with E-state index in [-0.39, 0.29) is 18.4 Å². The smallest absolute Gasteiger partial charge is 0.247 e. The Labute approximate surface area is 217 Å². The first-order valence-electron chi connectivity index (χ1n) is 12.3. The van der Waals surface area contributed by atoms with E-state index in [0.29, 0.717) is 35.9 Å². The summed E-state index contributed by atoms with van der Waals surface area (Å²) in [6.45, 7) is 7.90. The Balaban J connectivity index is 1.86. The minimum atomic E-state index is -0.634. The van der Waals surface area contributed by atoms with Gasteiger partial charge in [0.25, 0.3) is 0 Å². The number of carbonyl (C=O) groups is 2. The second-order valence-corrected chi connectivity index (χ2v) is 9.76. The molecule has 10 heteroatoms. The largest absolute Gasteiger partial charge is 0.493 e. The van der Waals surface area contributed by atoms with Crippen molar-refractivity contribution in [2.24, 2.45) is 0 Å². The lowest BCUT2D eigenvalue weighted by molar-refractivity contribution is -0.143. The molecular weight excluding hydrogens is 472 g/mol. The fraction of sp³-hybridized carbons (Fsp3) is 0.444. The van der Waals surface area contributed by atoms with Crippen molar-refractivity contribution < 1.29 is 19.1 Å². The summed E-state index contributed by atoms with van der Waals surface area (Å²) in [7, 11) is 3.11. The number of nitrogens with one attached hydrogen (secondary N) is 1. The van der Waals surface area contributed by atoms with Gasteiger partial charge in [-0.25, -0.2) is 0 Å². The number of methoxy groups -OCH3 is 2. The summed E-state index contributed by atoms with van der Waals surface area (Å²) in [6, 6.07) is 14.3. The molecule has 0 saturated carbocycles. The number of hydrogen-bond donors (Lipinski definition) is 1. The summed E-state index contributed by atoms with van der Waals surface area (Å²) < 4.78 is 10.6. The van der Waals surface area contributed by atoms with Gasteiger partial charge in [-0.15, -0.1) is 10.2 Å². The minimum Gasteiger partial charge on any atom is -0.493 e. The Morgan fingerprint density at radius 1 is 1.05 bits per heavy atom. The molecule has 2 aromatic carbocycles. The first-order chi connectivity index (χ1) is 17.6. The zero-order chi connectivity index (χ0) is 27.0. The van der Waals surface area contributed by atoms with E-state index in [1.54, 1.807) is 37.3 Å². The Bertz CT molecular complexity index is 1190. The lowest BCUT2D eigenvalue weighted by atomic mass is 10.0. The van der Waals surface area contributed by atoms with Crippen molar-refractivity contribution in [3.05, 3.63) is 54.1 Å². The average Bonchev–Trinajstić information content (AvgIpc) is 3.33. The van der Waals surface area contributed by atoms with Gasteiger partial charge in [0.2, 0.25) is 17.6 Å². The quantitative estimate of drug-likeness (QED) is 0.422. The Morgan fingerprint density at radius 3 is 2.38 bits per heavy atom. The molecular formula is C27H36N6O4. The van der Waals surface area contributed by atoms with Gasteiger partial charge in [-0.05, 0) is 56.2 Å². The minimum absolute atomic E-state index is 0.157. The molecule has 3 rings (SSSR count). The van der Waals surface area contributed by atoms with Crippen LogP contribution in [-0.4, -0.2) is 62.7 Å². The monoisotopic (exact) mass is 508 g/mol. The maximum atomic E-state index is 13.6. The maximum Gasteiger partial charge on any atom is 0.247 e.